The van der Waals surface area contributed by atoms with Gasteiger partial charge in [0, 0.05) is 17.3 Å². The van der Waals surface area contributed by atoms with Crippen LogP contribution in [-0.4, -0.2) is 18.7 Å². The molecule has 4 rings (SSSR count). The molecule has 0 radical (unpaired) electrons. The van der Waals surface area contributed by atoms with Gasteiger partial charge in [-0.1, -0.05) is 30.3 Å². The molecular formula is C22H22N4O. The molecule has 0 saturated carbocycles. The molecule has 27 heavy (non-hydrogen) atoms. The van der Waals surface area contributed by atoms with Crippen molar-refractivity contribution in [2.45, 2.75) is 18.9 Å². The molecule has 5 nitrogen and oxygen atoms in total. The van der Waals surface area contributed by atoms with Gasteiger partial charge >= 0.3 is 0 Å². The van der Waals surface area contributed by atoms with Crippen molar-refractivity contribution < 1.29 is 4.79 Å². The first-order valence-electron chi connectivity index (χ1n) is 9.15. The summed E-state index contributed by atoms with van der Waals surface area (Å²) >= 11 is 0. The number of carbonyl (C=O) groups excluding carboxylic acids is 1. The summed E-state index contributed by atoms with van der Waals surface area (Å²) in [7, 11) is 0. The number of hydrogen-bond donors (Lipinski definition) is 3. The molecule has 1 aliphatic rings. The highest BCUT2D eigenvalue weighted by atomic mass is 16.1. The zero-order valence-electron chi connectivity index (χ0n) is 15.0. The van der Waals surface area contributed by atoms with Crippen molar-refractivity contribution in [1.29, 1.82) is 0 Å². The Morgan fingerprint density at radius 1 is 1.15 bits per heavy atom. The minimum atomic E-state index is -0.102. The van der Waals surface area contributed by atoms with Crippen molar-refractivity contribution in [2.75, 3.05) is 11.9 Å². The number of nitrogens with zero attached hydrogens (tertiary/aromatic N) is 1. The number of amides is 1. The average molecular weight is 358 g/mol. The maximum atomic E-state index is 12.8. The Bertz CT molecular complexity index is 992. The zero-order chi connectivity index (χ0) is 18.6. The second-order valence-corrected chi connectivity index (χ2v) is 6.79. The number of benzene rings is 3. The molecule has 1 unspecified atom stereocenters. The molecule has 1 fully saturated rings. The molecule has 0 aliphatic carbocycles. The average Bonchev–Trinajstić information content (AvgIpc) is 3.23. The molecule has 1 aliphatic heterocycles. The molecule has 1 saturated heterocycles. The summed E-state index contributed by atoms with van der Waals surface area (Å²) in [4.78, 5) is 12.8. The summed E-state index contributed by atoms with van der Waals surface area (Å²) in [5, 5.41) is 12.3. The van der Waals surface area contributed by atoms with Crippen molar-refractivity contribution >= 4 is 28.6 Å². The van der Waals surface area contributed by atoms with E-state index in [-0.39, 0.29) is 11.9 Å². The predicted molar refractivity (Wildman–Crippen MR) is 110 cm³/mol. The molecule has 3 aromatic carbocycles. The van der Waals surface area contributed by atoms with E-state index in [9.17, 15) is 4.79 Å². The molecule has 1 heterocycles. The molecule has 3 aromatic rings. The van der Waals surface area contributed by atoms with Crippen LogP contribution in [0.25, 0.3) is 10.8 Å². The van der Waals surface area contributed by atoms with Gasteiger partial charge in [0.05, 0.1) is 6.21 Å². The zero-order valence-corrected chi connectivity index (χ0v) is 15.0. The Morgan fingerprint density at radius 2 is 2.00 bits per heavy atom. The summed E-state index contributed by atoms with van der Waals surface area (Å²) < 4.78 is 0. The summed E-state index contributed by atoms with van der Waals surface area (Å²) in [6.45, 7) is 0.997. The van der Waals surface area contributed by atoms with Gasteiger partial charge < -0.3 is 16.5 Å². The highest BCUT2D eigenvalue weighted by Gasteiger charge is 2.21. The molecule has 0 spiro atoms. The standard InChI is InChI=1S/C22H22N4O/c23-25-14-15-8-9-16-12-17(22(27)26-18-5-2-1-3-6-18)13-20(19(16)11-15)21-7-4-10-24-21/h1-3,5-6,8-9,11-14,21,24H,4,7,10,23H2,(H,26,27). The number of rotatable bonds is 4. The first-order valence-corrected chi connectivity index (χ1v) is 9.15. The van der Waals surface area contributed by atoms with Gasteiger partial charge in [-0.2, -0.15) is 5.10 Å². The molecule has 4 N–H and O–H groups in total. The van der Waals surface area contributed by atoms with Crippen molar-refractivity contribution in [3.05, 3.63) is 77.4 Å². The molecule has 1 atom stereocenters. The van der Waals surface area contributed by atoms with Gasteiger partial charge in [-0.25, -0.2) is 0 Å². The third-order valence-electron chi connectivity index (χ3n) is 4.96. The fourth-order valence-electron chi connectivity index (χ4n) is 3.66. The van der Waals surface area contributed by atoms with Crippen LogP contribution in [0.3, 0.4) is 0 Å². The van der Waals surface area contributed by atoms with E-state index in [0.29, 0.717) is 5.56 Å². The number of hydrazone groups is 1. The number of carbonyl (C=O) groups is 1. The number of anilines is 1. The Balaban J connectivity index is 1.77. The maximum Gasteiger partial charge on any atom is 0.255 e. The third kappa shape index (κ3) is 3.68. The van der Waals surface area contributed by atoms with Crippen LogP contribution in [0.2, 0.25) is 0 Å². The van der Waals surface area contributed by atoms with Crippen LogP contribution in [0.1, 0.15) is 40.4 Å². The fourth-order valence-corrected chi connectivity index (χ4v) is 3.66. The van der Waals surface area contributed by atoms with E-state index in [2.05, 4.69) is 21.8 Å². The third-order valence-corrected chi connectivity index (χ3v) is 4.96. The molecule has 1 amide bonds. The van der Waals surface area contributed by atoms with Gasteiger partial charge in [-0.05, 0) is 71.6 Å². The van der Waals surface area contributed by atoms with Crippen molar-refractivity contribution in [2.24, 2.45) is 10.9 Å². The lowest BCUT2D eigenvalue weighted by Crippen LogP contribution is -2.16. The largest absolute Gasteiger partial charge is 0.323 e. The summed E-state index contributed by atoms with van der Waals surface area (Å²) in [6, 6.07) is 19.8. The summed E-state index contributed by atoms with van der Waals surface area (Å²) in [5.74, 6) is 5.20. The number of hydrogen-bond acceptors (Lipinski definition) is 4. The van der Waals surface area contributed by atoms with Crippen molar-refractivity contribution in [1.82, 2.24) is 5.32 Å². The SMILES string of the molecule is NN=Cc1ccc2cc(C(=O)Nc3ccccc3)cc(C3CCCN3)c2c1. The fraction of sp³-hybridized carbons (Fsp3) is 0.182. The number of nitrogens with two attached hydrogens (primary N) is 1. The maximum absolute atomic E-state index is 12.8. The summed E-state index contributed by atoms with van der Waals surface area (Å²) in [6.07, 6.45) is 3.84. The van der Waals surface area contributed by atoms with E-state index in [1.807, 2.05) is 54.6 Å². The van der Waals surface area contributed by atoms with E-state index in [1.165, 1.54) is 0 Å². The number of fused-ring (bicyclic) bond motifs is 1. The van der Waals surface area contributed by atoms with E-state index in [1.54, 1.807) is 6.21 Å². The number of para-hydroxylation sites is 1. The van der Waals surface area contributed by atoms with Crippen molar-refractivity contribution in [3.63, 3.8) is 0 Å². The van der Waals surface area contributed by atoms with Gasteiger partial charge in [0.1, 0.15) is 0 Å². The predicted octanol–water partition coefficient (Wildman–Crippen LogP) is 3.81. The van der Waals surface area contributed by atoms with Crippen LogP contribution in [-0.2, 0) is 0 Å². The topological polar surface area (TPSA) is 79.5 Å². The van der Waals surface area contributed by atoms with Gasteiger partial charge in [0.25, 0.3) is 5.91 Å². The molecule has 136 valence electrons. The molecule has 0 aromatic heterocycles. The van der Waals surface area contributed by atoms with Crippen LogP contribution >= 0.6 is 0 Å². The lowest BCUT2D eigenvalue weighted by molar-refractivity contribution is 0.102. The monoisotopic (exact) mass is 358 g/mol. The summed E-state index contributed by atoms with van der Waals surface area (Å²) in [5.41, 5.74) is 3.55. The van der Waals surface area contributed by atoms with Crippen LogP contribution in [0.5, 0.6) is 0 Å². The van der Waals surface area contributed by atoms with E-state index in [4.69, 9.17) is 5.84 Å². The Hall–Kier alpha value is -3.18. The molecular weight excluding hydrogens is 336 g/mol. The lowest BCUT2D eigenvalue weighted by Gasteiger charge is -2.17. The van der Waals surface area contributed by atoms with Crippen LogP contribution in [0.4, 0.5) is 5.69 Å². The van der Waals surface area contributed by atoms with Gasteiger partial charge in [-0.15, -0.1) is 0 Å². The minimum absolute atomic E-state index is 0.102. The quantitative estimate of drug-likeness (QED) is 0.377. The first kappa shape index (κ1) is 17.2. The van der Waals surface area contributed by atoms with Gasteiger partial charge in [-0.3, -0.25) is 4.79 Å². The normalized spacial score (nSPS) is 16.8. The Labute approximate surface area is 158 Å². The minimum Gasteiger partial charge on any atom is -0.323 e. The van der Waals surface area contributed by atoms with Crippen molar-refractivity contribution in [3.8, 4) is 0 Å². The smallest absolute Gasteiger partial charge is 0.255 e. The highest BCUT2D eigenvalue weighted by molar-refractivity contribution is 6.07. The van der Waals surface area contributed by atoms with Gasteiger partial charge in [0.2, 0.25) is 0 Å². The van der Waals surface area contributed by atoms with Crippen LogP contribution < -0.4 is 16.5 Å². The molecule has 5 heteroatoms. The Morgan fingerprint density at radius 3 is 2.74 bits per heavy atom. The highest BCUT2D eigenvalue weighted by Crippen LogP contribution is 2.32. The van der Waals surface area contributed by atoms with E-state index < -0.39 is 0 Å². The van der Waals surface area contributed by atoms with E-state index >= 15 is 0 Å². The van der Waals surface area contributed by atoms with Gasteiger partial charge in [0.15, 0.2) is 0 Å². The van der Waals surface area contributed by atoms with Crippen LogP contribution in [0.15, 0.2) is 65.8 Å². The molecule has 0 bridgehead atoms. The Kier molecular flexibility index (Phi) is 4.85. The second kappa shape index (κ2) is 7.60. The first-order chi connectivity index (χ1) is 13.2. The second-order valence-electron chi connectivity index (χ2n) is 6.79. The number of nitrogens with one attached hydrogen (secondary N) is 2. The van der Waals surface area contributed by atoms with E-state index in [0.717, 1.165) is 47.0 Å². The lowest BCUT2D eigenvalue weighted by atomic mass is 9.93. The van der Waals surface area contributed by atoms with Crippen LogP contribution in [0, 0.1) is 0 Å².